The topological polar surface area (TPSA) is 60.9 Å². The van der Waals surface area contributed by atoms with Crippen molar-refractivity contribution >= 4 is 11.8 Å². The van der Waals surface area contributed by atoms with Gasteiger partial charge in [0.15, 0.2) is 0 Å². The fourth-order valence-electron chi connectivity index (χ4n) is 4.36. The number of rotatable bonds is 5. The Hall–Kier alpha value is -2.14. The molecule has 0 bridgehead atoms. The third kappa shape index (κ3) is 3.54. The molecule has 2 amide bonds. The molecule has 1 N–H and O–H groups in total. The summed E-state index contributed by atoms with van der Waals surface area (Å²) in [6, 6.07) is 9.98. The molecule has 2 saturated heterocycles. The van der Waals surface area contributed by atoms with Crippen LogP contribution in [0.5, 0.6) is 0 Å². The van der Waals surface area contributed by atoms with Crippen LogP contribution >= 0.6 is 0 Å². The Morgan fingerprint density at radius 3 is 2.46 bits per heavy atom. The fraction of sp³-hybridized carbons (Fsp3) is 0.524. The molecule has 140 valence electrons. The van der Waals surface area contributed by atoms with Gasteiger partial charge >= 0.3 is 0 Å². The minimum Gasteiger partial charge on any atom is -0.396 e. The van der Waals surface area contributed by atoms with E-state index in [-0.39, 0.29) is 18.4 Å². The Bertz CT molecular complexity index is 650. The molecule has 0 saturated carbocycles. The van der Waals surface area contributed by atoms with E-state index in [4.69, 9.17) is 0 Å². The van der Waals surface area contributed by atoms with E-state index in [1.54, 1.807) is 4.90 Å². The van der Waals surface area contributed by atoms with Gasteiger partial charge in [0, 0.05) is 32.8 Å². The molecule has 3 rings (SSSR count). The average Bonchev–Trinajstić information content (AvgIpc) is 3.16. The summed E-state index contributed by atoms with van der Waals surface area (Å²) in [5, 5.41) is 9.18. The number of hydrogen-bond donors (Lipinski definition) is 1. The van der Waals surface area contributed by atoms with Crippen LogP contribution in [0.3, 0.4) is 0 Å². The van der Waals surface area contributed by atoms with Gasteiger partial charge in [-0.15, -0.1) is 0 Å². The van der Waals surface area contributed by atoms with Gasteiger partial charge in [-0.05, 0) is 43.2 Å². The lowest BCUT2D eigenvalue weighted by atomic mass is 9.71. The first-order chi connectivity index (χ1) is 12.6. The number of carbonyl (C=O) groups excluding carboxylic acids is 2. The fourth-order valence-corrected chi connectivity index (χ4v) is 4.36. The van der Waals surface area contributed by atoms with Crippen molar-refractivity contribution in [3.8, 4) is 0 Å². The van der Waals surface area contributed by atoms with Crippen molar-refractivity contribution in [3.63, 3.8) is 0 Å². The van der Waals surface area contributed by atoms with Crippen LogP contribution in [-0.4, -0.2) is 59.5 Å². The summed E-state index contributed by atoms with van der Waals surface area (Å²) in [7, 11) is 0. The van der Waals surface area contributed by atoms with Crippen LogP contribution in [0.15, 0.2) is 43.0 Å². The molecule has 2 aliphatic heterocycles. The molecule has 26 heavy (non-hydrogen) atoms. The lowest BCUT2D eigenvalue weighted by Crippen LogP contribution is -2.53. The van der Waals surface area contributed by atoms with E-state index < -0.39 is 5.41 Å². The van der Waals surface area contributed by atoms with Crippen molar-refractivity contribution in [2.45, 2.75) is 31.1 Å². The van der Waals surface area contributed by atoms with Crippen LogP contribution in [0, 0.1) is 5.92 Å². The van der Waals surface area contributed by atoms with Gasteiger partial charge in [0.2, 0.25) is 11.8 Å². The monoisotopic (exact) mass is 356 g/mol. The highest BCUT2D eigenvalue weighted by Gasteiger charge is 2.46. The number of aliphatic hydroxyl groups excluding tert-OH is 1. The molecule has 5 heteroatoms. The minimum absolute atomic E-state index is 0.0664. The summed E-state index contributed by atoms with van der Waals surface area (Å²) in [6.07, 6.45) is 4.33. The smallest absolute Gasteiger partial charge is 0.245 e. The lowest BCUT2D eigenvalue weighted by Gasteiger charge is -2.42. The predicted molar refractivity (Wildman–Crippen MR) is 101 cm³/mol. The number of benzene rings is 1. The maximum atomic E-state index is 13.6. The molecule has 2 fully saturated rings. The van der Waals surface area contributed by atoms with Crippen LogP contribution in [0.25, 0.3) is 0 Å². The van der Waals surface area contributed by atoms with Gasteiger partial charge in [-0.25, -0.2) is 0 Å². The quantitative estimate of drug-likeness (QED) is 0.821. The number of hydrogen-bond acceptors (Lipinski definition) is 3. The zero-order valence-corrected chi connectivity index (χ0v) is 15.3. The van der Waals surface area contributed by atoms with Gasteiger partial charge in [0.25, 0.3) is 0 Å². The second kappa shape index (κ2) is 8.04. The van der Waals surface area contributed by atoms with E-state index in [1.807, 2.05) is 35.2 Å². The summed E-state index contributed by atoms with van der Waals surface area (Å²) in [5.41, 5.74) is 0.481. The zero-order valence-electron chi connectivity index (χ0n) is 15.3. The number of nitrogens with zero attached hydrogens (tertiary/aromatic N) is 2. The predicted octanol–water partition coefficient (Wildman–Crippen LogP) is 1.96. The van der Waals surface area contributed by atoms with Crippen molar-refractivity contribution in [1.82, 2.24) is 9.80 Å². The molecular formula is C21H28N2O3. The lowest BCUT2D eigenvalue weighted by molar-refractivity contribution is -0.141. The highest BCUT2D eigenvalue weighted by molar-refractivity contribution is 5.90. The van der Waals surface area contributed by atoms with E-state index >= 15 is 0 Å². The Balaban J connectivity index is 1.82. The summed E-state index contributed by atoms with van der Waals surface area (Å²) in [5.74, 6) is 0.498. The standard InChI is InChI=1S/C21H28N2O3/c1-2-19(25)22-13-10-21(11-14-22,18-6-4-3-5-7-18)20(26)23-12-8-17(16-23)9-15-24/h2-7,17,24H,1,8-16H2. The summed E-state index contributed by atoms with van der Waals surface area (Å²) < 4.78 is 0. The second-order valence-corrected chi connectivity index (χ2v) is 7.40. The Morgan fingerprint density at radius 2 is 1.85 bits per heavy atom. The van der Waals surface area contributed by atoms with E-state index in [0.29, 0.717) is 31.8 Å². The summed E-state index contributed by atoms with van der Waals surface area (Å²) in [6.45, 7) is 6.36. The van der Waals surface area contributed by atoms with Crippen LogP contribution in [0.4, 0.5) is 0 Å². The van der Waals surface area contributed by atoms with Crippen molar-refractivity contribution in [1.29, 1.82) is 0 Å². The minimum atomic E-state index is -0.562. The van der Waals surface area contributed by atoms with Crippen molar-refractivity contribution < 1.29 is 14.7 Å². The first kappa shape index (κ1) is 18.6. The van der Waals surface area contributed by atoms with E-state index in [1.165, 1.54) is 6.08 Å². The van der Waals surface area contributed by atoms with Gasteiger partial charge < -0.3 is 14.9 Å². The maximum absolute atomic E-state index is 13.6. The largest absolute Gasteiger partial charge is 0.396 e. The third-order valence-electron chi connectivity index (χ3n) is 5.95. The highest BCUT2D eigenvalue weighted by atomic mass is 16.3. The molecule has 2 heterocycles. The Morgan fingerprint density at radius 1 is 1.15 bits per heavy atom. The van der Waals surface area contributed by atoms with Crippen molar-refractivity contribution in [2.24, 2.45) is 5.92 Å². The second-order valence-electron chi connectivity index (χ2n) is 7.40. The van der Waals surface area contributed by atoms with Crippen molar-refractivity contribution in [2.75, 3.05) is 32.8 Å². The van der Waals surface area contributed by atoms with Crippen LogP contribution in [0.1, 0.15) is 31.2 Å². The molecule has 5 nitrogen and oxygen atoms in total. The van der Waals surface area contributed by atoms with Crippen molar-refractivity contribution in [3.05, 3.63) is 48.6 Å². The molecule has 0 spiro atoms. The summed E-state index contributed by atoms with van der Waals surface area (Å²) >= 11 is 0. The molecule has 1 atom stereocenters. The molecule has 1 aromatic rings. The number of likely N-dealkylation sites (tertiary alicyclic amines) is 2. The Kier molecular flexibility index (Phi) is 5.77. The van der Waals surface area contributed by atoms with Gasteiger partial charge in [-0.1, -0.05) is 36.9 Å². The first-order valence-corrected chi connectivity index (χ1v) is 9.48. The Labute approximate surface area is 155 Å². The molecule has 0 aliphatic carbocycles. The van der Waals surface area contributed by atoms with Crippen LogP contribution in [-0.2, 0) is 15.0 Å². The number of amides is 2. The first-order valence-electron chi connectivity index (χ1n) is 9.48. The molecule has 1 unspecified atom stereocenters. The summed E-state index contributed by atoms with van der Waals surface area (Å²) in [4.78, 5) is 29.3. The van der Waals surface area contributed by atoms with Crippen LogP contribution in [0.2, 0.25) is 0 Å². The highest BCUT2D eigenvalue weighted by Crippen LogP contribution is 2.39. The van der Waals surface area contributed by atoms with Gasteiger partial charge in [0.05, 0.1) is 5.41 Å². The van der Waals surface area contributed by atoms with E-state index in [2.05, 4.69) is 6.58 Å². The molecule has 0 aromatic heterocycles. The molecular weight excluding hydrogens is 328 g/mol. The van der Waals surface area contributed by atoms with Gasteiger partial charge in [-0.3, -0.25) is 9.59 Å². The normalized spacial score (nSPS) is 22.3. The number of carbonyl (C=O) groups is 2. The van der Waals surface area contributed by atoms with E-state index in [0.717, 1.165) is 31.5 Å². The average molecular weight is 356 g/mol. The van der Waals surface area contributed by atoms with E-state index in [9.17, 15) is 14.7 Å². The molecule has 0 radical (unpaired) electrons. The SMILES string of the molecule is C=CC(=O)N1CCC(C(=O)N2CCC(CCO)C2)(c2ccccc2)CC1. The van der Waals surface area contributed by atoms with Crippen LogP contribution < -0.4 is 0 Å². The maximum Gasteiger partial charge on any atom is 0.245 e. The number of piperidine rings is 1. The molecule has 2 aliphatic rings. The van der Waals surface area contributed by atoms with Gasteiger partial charge in [0.1, 0.15) is 0 Å². The zero-order chi connectivity index (χ0) is 18.6. The van der Waals surface area contributed by atoms with Gasteiger partial charge in [-0.2, -0.15) is 0 Å². The third-order valence-corrected chi connectivity index (χ3v) is 5.95. The molecule has 1 aromatic carbocycles. The number of aliphatic hydroxyl groups is 1.